The fraction of sp³-hybridized carbons (Fsp3) is 0.526. The SMILES string of the molecule is O=C1CCC(N2Cc3cc(CNC[C@@H]4C[C@@H](F)CN4)ccc3C2=O)C(=O)N1. The molecule has 0 aromatic heterocycles. The molecule has 3 aliphatic rings. The molecule has 3 heterocycles. The van der Waals surface area contributed by atoms with E-state index in [0.717, 1.165) is 11.1 Å². The van der Waals surface area contributed by atoms with Gasteiger partial charge in [0.1, 0.15) is 12.2 Å². The number of piperidine rings is 1. The number of alkyl halides is 1. The summed E-state index contributed by atoms with van der Waals surface area (Å²) in [5.74, 6) is -0.850. The van der Waals surface area contributed by atoms with Crippen molar-refractivity contribution < 1.29 is 18.8 Å². The molecule has 8 heteroatoms. The van der Waals surface area contributed by atoms with Gasteiger partial charge >= 0.3 is 0 Å². The van der Waals surface area contributed by atoms with Crippen LogP contribution >= 0.6 is 0 Å². The normalized spacial score (nSPS) is 27.8. The minimum Gasteiger partial charge on any atom is -0.322 e. The summed E-state index contributed by atoms with van der Waals surface area (Å²) in [6, 6.07) is 5.24. The Morgan fingerprint density at radius 1 is 1.26 bits per heavy atom. The molecule has 1 aromatic carbocycles. The summed E-state index contributed by atoms with van der Waals surface area (Å²) in [6.07, 6.45) is 0.386. The van der Waals surface area contributed by atoms with Crippen LogP contribution in [0.4, 0.5) is 4.39 Å². The van der Waals surface area contributed by atoms with Crippen molar-refractivity contribution in [3.05, 3.63) is 34.9 Å². The minimum atomic E-state index is -0.763. The molecule has 3 atom stereocenters. The van der Waals surface area contributed by atoms with E-state index in [1.807, 2.05) is 12.1 Å². The average molecular weight is 374 g/mol. The zero-order valence-corrected chi connectivity index (χ0v) is 15.0. The zero-order chi connectivity index (χ0) is 19.0. The van der Waals surface area contributed by atoms with E-state index >= 15 is 0 Å². The molecule has 7 nitrogen and oxygen atoms in total. The van der Waals surface area contributed by atoms with Crippen molar-refractivity contribution in [1.29, 1.82) is 0 Å². The molecule has 0 aliphatic carbocycles. The number of nitrogens with zero attached hydrogens (tertiary/aromatic N) is 1. The van der Waals surface area contributed by atoms with Crippen molar-refractivity contribution in [2.75, 3.05) is 13.1 Å². The molecule has 2 fully saturated rings. The highest BCUT2D eigenvalue weighted by Gasteiger charge is 2.39. The van der Waals surface area contributed by atoms with Crippen LogP contribution in [0.15, 0.2) is 18.2 Å². The second kappa shape index (κ2) is 7.36. The van der Waals surface area contributed by atoms with Crippen LogP contribution in [0.1, 0.15) is 40.7 Å². The van der Waals surface area contributed by atoms with Gasteiger partial charge in [-0.05, 0) is 30.0 Å². The van der Waals surface area contributed by atoms with Crippen LogP contribution in [0.25, 0.3) is 0 Å². The monoisotopic (exact) mass is 374 g/mol. The maximum Gasteiger partial charge on any atom is 0.255 e. The first-order chi connectivity index (χ1) is 13.0. The lowest BCUT2D eigenvalue weighted by Crippen LogP contribution is -2.52. The van der Waals surface area contributed by atoms with E-state index in [1.165, 1.54) is 0 Å². The first-order valence-electron chi connectivity index (χ1n) is 9.36. The quantitative estimate of drug-likeness (QED) is 0.643. The molecule has 3 amide bonds. The Hall–Kier alpha value is -2.32. The maximum absolute atomic E-state index is 13.2. The summed E-state index contributed by atoms with van der Waals surface area (Å²) in [5.41, 5.74) is 2.55. The summed E-state index contributed by atoms with van der Waals surface area (Å²) in [6.45, 7) is 2.12. The van der Waals surface area contributed by atoms with Gasteiger partial charge in [-0.2, -0.15) is 0 Å². The highest BCUT2D eigenvalue weighted by Crippen LogP contribution is 2.28. The number of fused-ring (bicyclic) bond motifs is 1. The topological polar surface area (TPSA) is 90.5 Å². The largest absolute Gasteiger partial charge is 0.322 e. The molecule has 1 unspecified atom stereocenters. The van der Waals surface area contributed by atoms with Crippen molar-refractivity contribution in [3.63, 3.8) is 0 Å². The number of carbonyl (C=O) groups excluding carboxylic acids is 3. The molecule has 0 spiro atoms. The van der Waals surface area contributed by atoms with Crippen LogP contribution in [0.3, 0.4) is 0 Å². The molecule has 3 aliphatic heterocycles. The second-order valence-electron chi connectivity index (χ2n) is 7.46. The lowest BCUT2D eigenvalue weighted by atomic mass is 10.0. The van der Waals surface area contributed by atoms with Gasteiger partial charge in [-0.25, -0.2) is 4.39 Å². The van der Waals surface area contributed by atoms with Crippen molar-refractivity contribution in [3.8, 4) is 0 Å². The van der Waals surface area contributed by atoms with Crippen LogP contribution in [0, 0.1) is 0 Å². The van der Waals surface area contributed by atoms with Gasteiger partial charge in [-0.1, -0.05) is 12.1 Å². The van der Waals surface area contributed by atoms with Gasteiger partial charge in [-0.3, -0.25) is 19.7 Å². The Balaban J connectivity index is 1.37. The summed E-state index contributed by atoms with van der Waals surface area (Å²) in [7, 11) is 0. The minimum absolute atomic E-state index is 0.152. The van der Waals surface area contributed by atoms with Crippen molar-refractivity contribution in [1.82, 2.24) is 20.9 Å². The number of hydrogen-bond donors (Lipinski definition) is 3. The molecule has 0 saturated carbocycles. The third kappa shape index (κ3) is 3.72. The van der Waals surface area contributed by atoms with Gasteiger partial charge in [0.15, 0.2) is 0 Å². The number of hydrogen-bond acceptors (Lipinski definition) is 5. The number of benzene rings is 1. The highest BCUT2D eigenvalue weighted by molar-refractivity contribution is 6.05. The third-order valence-corrected chi connectivity index (χ3v) is 5.48. The van der Waals surface area contributed by atoms with Gasteiger partial charge in [0.05, 0.1) is 0 Å². The fourth-order valence-electron chi connectivity index (χ4n) is 4.05. The van der Waals surface area contributed by atoms with E-state index in [0.29, 0.717) is 44.6 Å². The Morgan fingerprint density at radius 3 is 2.85 bits per heavy atom. The lowest BCUT2D eigenvalue weighted by Gasteiger charge is -2.29. The van der Waals surface area contributed by atoms with Gasteiger partial charge in [0.25, 0.3) is 5.91 Å². The molecule has 144 valence electrons. The van der Waals surface area contributed by atoms with E-state index in [1.54, 1.807) is 11.0 Å². The fourth-order valence-corrected chi connectivity index (χ4v) is 4.05. The smallest absolute Gasteiger partial charge is 0.255 e. The summed E-state index contributed by atoms with van der Waals surface area (Å²) in [5, 5.41) is 8.77. The first kappa shape index (κ1) is 18.1. The van der Waals surface area contributed by atoms with Crippen LogP contribution in [-0.2, 0) is 22.7 Å². The van der Waals surface area contributed by atoms with Gasteiger partial charge in [0, 0.05) is 44.2 Å². The first-order valence-corrected chi connectivity index (χ1v) is 9.36. The van der Waals surface area contributed by atoms with E-state index in [4.69, 9.17) is 0 Å². The Morgan fingerprint density at radius 2 is 2.11 bits per heavy atom. The summed E-state index contributed by atoms with van der Waals surface area (Å²) in [4.78, 5) is 37.6. The van der Waals surface area contributed by atoms with E-state index < -0.39 is 18.1 Å². The van der Waals surface area contributed by atoms with Crippen LogP contribution in [-0.4, -0.2) is 54.0 Å². The predicted molar refractivity (Wildman–Crippen MR) is 95.5 cm³/mol. The lowest BCUT2D eigenvalue weighted by molar-refractivity contribution is -0.136. The molecule has 1 aromatic rings. The number of rotatable bonds is 5. The number of carbonyl (C=O) groups is 3. The predicted octanol–water partition coefficient (Wildman–Crippen LogP) is 0.237. The molecule has 3 N–H and O–H groups in total. The van der Waals surface area contributed by atoms with E-state index in [2.05, 4.69) is 16.0 Å². The van der Waals surface area contributed by atoms with Crippen LogP contribution in [0.5, 0.6) is 0 Å². The standard InChI is InChI=1S/C19H23FN4O3/c20-13-6-14(22-8-13)9-21-7-11-1-2-15-12(5-11)10-24(19(15)27)16-3-4-17(25)23-18(16)26/h1-2,5,13-14,16,21-22H,3-4,6-10H2,(H,23,25,26)/t13-,14+,16?/m1/s1. The van der Waals surface area contributed by atoms with Crippen molar-refractivity contribution in [2.24, 2.45) is 0 Å². The molecule has 0 radical (unpaired) electrons. The maximum atomic E-state index is 13.2. The van der Waals surface area contributed by atoms with Gasteiger partial charge in [0.2, 0.25) is 11.8 Å². The number of halogens is 1. The van der Waals surface area contributed by atoms with Crippen LogP contribution in [0.2, 0.25) is 0 Å². The summed E-state index contributed by atoms with van der Waals surface area (Å²) < 4.78 is 13.2. The number of imide groups is 1. The average Bonchev–Trinajstić information content (AvgIpc) is 3.18. The molecular weight excluding hydrogens is 351 g/mol. The van der Waals surface area contributed by atoms with Crippen LogP contribution < -0.4 is 16.0 Å². The van der Waals surface area contributed by atoms with Crippen molar-refractivity contribution >= 4 is 17.7 Å². The summed E-state index contributed by atoms with van der Waals surface area (Å²) >= 11 is 0. The molecule has 2 saturated heterocycles. The number of amides is 3. The molecule has 4 rings (SSSR count). The van der Waals surface area contributed by atoms with Gasteiger partial charge < -0.3 is 15.5 Å². The second-order valence-corrected chi connectivity index (χ2v) is 7.46. The van der Waals surface area contributed by atoms with E-state index in [-0.39, 0.29) is 24.3 Å². The highest BCUT2D eigenvalue weighted by atomic mass is 19.1. The van der Waals surface area contributed by atoms with Gasteiger partial charge in [-0.15, -0.1) is 0 Å². The van der Waals surface area contributed by atoms with Crippen molar-refractivity contribution in [2.45, 2.75) is 50.6 Å². The van der Waals surface area contributed by atoms with E-state index in [9.17, 15) is 18.8 Å². The third-order valence-electron chi connectivity index (χ3n) is 5.48. The zero-order valence-electron chi connectivity index (χ0n) is 15.0. The Bertz CT molecular complexity index is 784. The molecule has 0 bridgehead atoms. The Labute approximate surface area is 156 Å². The Kier molecular flexibility index (Phi) is 4.92. The number of nitrogens with one attached hydrogen (secondary N) is 3. The molecular formula is C19H23FN4O3. The molecule has 27 heavy (non-hydrogen) atoms.